The minimum atomic E-state index is -0.245. The zero-order valence-electron chi connectivity index (χ0n) is 10.6. The van der Waals surface area contributed by atoms with Gasteiger partial charge in [-0.25, -0.2) is 0 Å². The van der Waals surface area contributed by atoms with Gasteiger partial charge in [-0.15, -0.1) is 0 Å². The van der Waals surface area contributed by atoms with E-state index in [1.807, 2.05) is 0 Å². The van der Waals surface area contributed by atoms with Crippen molar-refractivity contribution in [3.05, 3.63) is 58.6 Å². The molecule has 0 nitrogen and oxygen atoms in total. The van der Waals surface area contributed by atoms with Gasteiger partial charge >= 0.3 is 0 Å². The van der Waals surface area contributed by atoms with Gasteiger partial charge in [-0.1, -0.05) is 56.5 Å². The standard InChI is InChI=1S/C15H18SSi/c1-11-15(12-7-4-5-8-12)13-9-6-10-14(13)16(11)17(2)3/h4-12H,1-3H3. The zero-order chi connectivity index (χ0) is 12.0. The van der Waals surface area contributed by atoms with Gasteiger partial charge in [0.15, 0.2) is 0 Å². The van der Waals surface area contributed by atoms with Crippen LogP contribution in [-0.2, 0) is 0 Å². The molecule has 0 saturated heterocycles. The van der Waals surface area contributed by atoms with Gasteiger partial charge in [-0.2, -0.15) is 9.89 Å². The van der Waals surface area contributed by atoms with E-state index in [0.717, 1.165) is 5.25 Å². The highest BCUT2D eigenvalue weighted by Crippen LogP contribution is 2.53. The summed E-state index contributed by atoms with van der Waals surface area (Å²) in [7, 11) is 0.258. The number of allylic oxidation sites excluding steroid dienone is 8. The molecule has 0 saturated carbocycles. The molecular formula is C15H18SSi. The van der Waals surface area contributed by atoms with Crippen LogP contribution in [0, 0.1) is 5.92 Å². The molecule has 2 unspecified atom stereocenters. The van der Waals surface area contributed by atoms with E-state index in [1.165, 1.54) is 0 Å². The Balaban J connectivity index is 2.15. The Kier molecular flexibility index (Phi) is 2.79. The van der Waals surface area contributed by atoms with E-state index in [1.54, 1.807) is 16.1 Å². The average Bonchev–Trinajstić information content (AvgIpc) is 2.91. The third-order valence-electron chi connectivity index (χ3n) is 3.66. The van der Waals surface area contributed by atoms with E-state index >= 15 is 0 Å². The number of fused-ring (bicyclic) bond motifs is 1. The molecule has 1 heterocycles. The Morgan fingerprint density at radius 1 is 1.12 bits per heavy atom. The number of hydrogen-bond donors (Lipinski definition) is 0. The molecule has 0 spiro atoms. The lowest BCUT2D eigenvalue weighted by Crippen LogP contribution is -2.08. The zero-order valence-corrected chi connectivity index (χ0v) is 12.4. The summed E-state index contributed by atoms with van der Waals surface area (Å²) in [6.45, 7) is 7.37. The van der Waals surface area contributed by atoms with E-state index < -0.39 is 0 Å². The molecule has 2 aliphatic carbocycles. The molecule has 0 aromatic carbocycles. The summed E-state index contributed by atoms with van der Waals surface area (Å²) in [5, 5.41) is 0.752. The van der Waals surface area contributed by atoms with Gasteiger partial charge in [-0.3, -0.25) is 0 Å². The molecule has 17 heavy (non-hydrogen) atoms. The van der Waals surface area contributed by atoms with Gasteiger partial charge in [0.05, 0.1) is 0 Å². The van der Waals surface area contributed by atoms with Gasteiger partial charge < -0.3 is 0 Å². The minimum Gasteiger partial charge on any atom is -0.175 e. The maximum absolute atomic E-state index is 2.46. The van der Waals surface area contributed by atoms with Crippen molar-refractivity contribution in [2.75, 3.05) is 0 Å². The summed E-state index contributed by atoms with van der Waals surface area (Å²) in [4.78, 5) is 1.65. The third kappa shape index (κ3) is 1.66. The van der Waals surface area contributed by atoms with Crippen molar-refractivity contribution in [1.29, 1.82) is 0 Å². The first-order chi connectivity index (χ1) is 8.20. The Morgan fingerprint density at radius 2 is 1.82 bits per heavy atom. The second-order valence-electron chi connectivity index (χ2n) is 4.94. The quantitative estimate of drug-likeness (QED) is 0.612. The van der Waals surface area contributed by atoms with E-state index in [2.05, 4.69) is 62.5 Å². The smallest absolute Gasteiger partial charge is 0.0424 e. The van der Waals surface area contributed by atoms with Gasteiger partial charge in [0.1, 0.15) is 0 Å². The van der Waals surface area contributed by atoms with Crippen molar-refractivity contribution >= 4 is 17.4 Å². The van der Waals surface area contributed by atoms with Crippen molar-refractivity contribution < 1.29 is 0 Å². The highest BCUT2D eigenvalue weighted by atomic mass is 32.3. The fourth-order valence-electron chi connectivity index (χ4n) is 3.03. The van der Waals surface area contributed by atoms with Gasteiger partial charge in [0.2, 0.25) is 0 Å². The maximum Gasteiger partial charge on any atom is 0.0424 e. The van der Waals surface area contributed by atoms with E-state index in [4.69, 9.17) is 0 Å². The first-order valence-corrected chi connectivity index (χ1v) is 10.7. The third-order valence-corrected chi connectivity index (χ3v) is 10.7. The van der Waals surface area contributed by atoms with Crippen LogP contribution < -0.4 is 0 Å². The summed E-state index contributed by atoms with van der Waals surface area (Å²) in [6.07, 6.45) is 16.0. The summed E-state index contributed by atoms with van der Waals surface area (Å²) in [6, 6.07) is 0. The van der Waals surface area contributed by atoms with E-state index in [9.17, 15) is 0 Å². The van der Waals surface area contributed by atoms with Gasteiger partial charge in [0, 0.05) is 23.6 Å². The predicted molar refractivity (Wildman–Crippen MR) is 80.6 cm³/mol. The molecule has 2 heteroatoms. The molecule has 0 radical (unpaired) electrons. The summed E-state index contributed by atoms with van der Waals surface area (Å²) >= 11 is 0. The fraction of sp³-hybridized carbons (Fsp3) is 0.333. The molecule has 0 amide bonds. The SMILES string of the molecule is CC1C(C2C=CC=C2)=C2C=CC=C2S1=[Si](C)C. The molecule has 0 fully saturated rings. The minimum absolute atomic E-state index is 0.245. The highest BCUT2D eigenvalue weighted by Gasteiger charge is 2.33. The number of hydrogen-bond acceptors (Lipinski definition) is 0. The van der Waals surface area contributed by atoms with Crippen LogP contribution in [0.4, 0.5) is 0 Å². The fourth-order valence-corrected chi connectivity index (χ4v) is 10.1. The van der Waals surface area contributed by atoms with Crippen LogP contribution in [0.3, 0.4) is 0 Å². The predicted octanol–water partition coefficient (Wildman–Crippen LogP) is 4.40. The Morgan fingerprint density at radius 3 is 2.47 bits per heavy atom. The van der Waals surface area contributed by atoms with Crippen molar-refractivity contribution in [3.8, 4) is 0 Å². The molecule has 0 aromatic heterocycles. The lowest BCUT2D eigenvalue weighted by molar-refractivity contribution is 0.909. The first-order valence-electron chi connectivity index (χ1n) is 6.21. The van der Waals surface area contributed by atoms with Crippen LogP contribution >= 0.6 is 9.89 Å². The molecule has 0 N–H and O–H groups in total. The molecule has 3 aliphatic rings. The summed E-state index contributed by atoms with van der Waals surface area (Å²) in [5.74, 6) is 0.560. The Hall–Kier alpha value is -0.733. The Bertz CT molecular complexity index is 539. The molecule has 0 bridgehead atoms. The molecule has 1 aliphatic heterocycles. The van der Waals surface area contributed by atoms with Crippen LogP contribution in [0.1, 0.15) is 6.92 Å². The van der Waals surface area contributed by atoms with E-state index in [-0.39, 0.29) is 7.50 Å². The maximum atomic E-state index is 2.46. The van der Waals surface area contributed by atoms with Crippen LogP contribution in [0.15, 0.2) is 58.6 Å². The monoisotopic (exact) mass is 258 g/mol. The van der Waals surface area contributed by atoms with Crippen LogP contribution in [0.25, 0.3) is 0 Å². The van der Waals surface area contributed by atoms with Crippen molar-refractivity contribution in [2.24, 2.45) is 5.92 Å². The van der Waals surface area contributed by atoms with Crippen molar-refractivity contribution in [2.45, 2.75) is 25.3 Å². The normalized spacial score (nSPS) is 30.4. The lowest BCUT2D eigenvalue weighted by atomic mass is 9.93. The van der Waals surface area contributed by atoms with Crippen molar-refractivity contribution in [1.82, 2.24) is 0 Å². The lowest BCUT2D eigenvalue weighted by Gasteiger charge is -2.18. The van der Waals surface area contributed by atoms with Crippen LogP contribution in [0.5, 0.6) is 0 Å². The molecule has 2 atom stereocenters. The molecule has 3 rings (SSSR count). The van der Waals surface area contributed by atoms with Gasteiger partial charge in [0.25, 0.3) is 0 Å². The highest BCUT2D eigenvalue weighted by molar-refractivity contribution is 8.25. The largest absolute Gasteiger partial charge is 0.175 e. The number of rotatable bonds is 1. The average molecular weight is 258 g/mol. The summed E-state index contributed by atoms with van der Waals surface area (Å²) < 4.78 is 0. The van der Waals surface area contributed by atoms with Gasteiger partial charge in [-0.05, 0) is 17.2 Å². The van der Waals surface area contributed by atoms with E-state index in [0.29, 0.717) is 15.8 Å². The molecule has 88 valence electrons. The topological polar surface area (TPSA) is 0 Å². The van der Waals surface area contributed by atoms with Crippen molar-refractivity contribution in [3.63, 3.8) is 0 Å². The molecular weight excluding hydrogens is 240 g/mol. The molecule has 0 aromatic rings. The van der Waals surface area contributed by atoms with Crippen LogP contribution in [0.2, 0.25) is 13.1 Å². The first kappa shape index (κ1) is 11.4. The second kappa shape index (κ2) is 4.18. The second-order valence-corrected chi connectivity index (χ2v) is 12.4. The van der Waals surface area contributed by atoms with Crippen LogP contribution in [-0.4, -0.2) is 12.8 Å². The Labute approximate surface area is 107 Å². The summed E-state index contributed by atoms with van der Waals surface area (Å²) in [5.41, 5.74) is 3.23.